The average Bonchev–Trinajstić information content (AvgIpc) is 2.38. The zero-order valence-electron chi connectivity index (χ0n) is 10.6. The topological polar surface area (TPSA) is 101 Å². The first-order chi connectivity index (χ1) is 8.88. The molecule has 7 nitrogen and oxygen atoms in total. The van der Waals surface area contributed by atoms with E-state index < -0.39 is 22.8 Å². The maximum atomic E-state index is 12.1. The Morgan fingerprint density at radius 2 is 2.11 bits per heavy atom. The average molecular weight is 266 g/mol. The molecule has 102 valence electrons. The van der Waals surface area contributed by atoms with E-state index in [9.17, 15) is 19.7 Å². The largest absolute Gasteiger partial charge is 0.480 e. The van der Waals surface area contributed by atoms with Crippen molar-refractivity contribution >= 4 is 17.6 Å². The smallest absolute Gasteiger partial charge is 0.326 e. The van der Waals surface area contributed by atoms with Crippen LogP contribution in [0.5, 0.6) is 0 Å². The van der Waals surface area contributed by atoms with Gasteiger partial charge in [0.15, 0.2) is 0 Å². The molecule has 0 aliphatic heterocycles. The van der Waals surface area contributed by atoms with Crippen molar-refractivity contribution in [2.75, 3.05) is 7.05 Å². The minimum atomic E-state index is -1.11. The number of hydrogen-bond acceptors (Lipinski definition) is 4. The molecular formula is C12H14N2O5. The van der Waals surface area contributed by atoms with Crippen molar-refractivity contribution in [2.45, 2.75) is 19.4 Å². The number of non-ortho nitro benzene ring substituents is 1. The van der Waals surface area contributed by atoms with Gasteiger partial charge in [0, 0.05) is 24.7 Å². The number of benzene rings is 1. The number of carboxylic acid groups (broad SMARTS) is 1. The lowest BCUT2D eigenvalue weighted by atomic mass is 10.1. The SMILES string of the molecule is CCC(C(=O)O)N(C)C(=O)c1cccc([N+](=O)[O-])c1. The summed E-state index contributed by atoms with van der Waals surface area (Å²) in [5.74, 6) is -1.67. The number of nitro groups is 1. The van der Waals surface area contributed by atoms with Crippen LogP contribution in [0.3, 0.4) is 0 Å². The van der Waals surface area contributed by atoms with Crippen LogP contribution in [0.1, 0.15) is 23.7 Å². The summed E-state index contributed by atoms with van der Waals surface area (Å²) < 4.78 is 0. The molecule has 0 spiro atoms. The van der Waals surface area contributed by atoms with Crippen LogP contribution in [0.25, 0.3) is 0 Å². The zero-order chi connectivity index (χ0) is 14.6. The van der Waals surface area contributed by atoms with E-state index in [2.05, 4.69) is 0 Å². The number of carbonyl (C=O) groups excluding carboxylic acids is 1. The van der Waals surface area contributed by atoms with E-state index in [4.69, 9.17) is 5.11 Å². The second-order valence-electron chi connectivity index (χ2n) is 3.99. The Bertz CT molecular complexity index is 515. The quantitative estimate of drug-likeness (QED) is 0.643. The summed E-state index contributed by atoms with van der Waals surface area (Å²) in [6.45, 7) is 1.65. The van der Waals surface area contributed by atoms with Crippen molar-refractivity contribution in [3.05, 3.63) is 39.9 Å². The van der Waals surface area contributed by atoms with Gasteiger partial charge in [-0.05, 0) is 12.5 Å². The van der Waals surface area contributed by atoms with Gasteiger partial charge in [0.1, 0.15) is 6.04 Å². The minimum Gasteiger partial charge on any atom is -0.480 e. The minimum absolute atomic E-state index is 0.0939. The molecule has 0 radical (unpaired) electrons. The number of nitro benzene ring substituents is 1. The Morgan fingerprint density at radius 1 is 1.47 bits per heavy atom. The van der Waals surface area contributed by atoms with Gasteiger partial charge in [-0.25, -0.2) is 4.79 Å². The predicted molar refractivity (Wildman–Crippen MR) is 66.9 cm³/mol. The Hall–Kier alpha value is -2.44. The van der Waals surface area contributed by atoms with Crippen LogP contribution in [0, 0.1) is 10.1 Å². The van der Waals surface area contributed by atoms with Gasteiger partial charge in [0.2, 0.25) is 0 Å². The van der Waals surface area contributed by atoms with Crippen molar-refractivity contribution in [1.29, 1.82) is 0 Å². The van der Waals surface area contributed by atoms with E-state index in [-0.39, 0.29) is 17.7 Å². The van der Waals surface area contributed by atoms with Crippen LogP contribution in [-0.4, -0.2) is 39.9 Å². The van der Waals surface area contributed by atoms with E-state index in [0.29, 0.717) is 0 Å². The molecule has 1 aromatic carbocycles. The highest BCUT2D eigenvalue weighted by atomic mass is 16.6. The van der Waals surface area contributed by atoms with Gasteiger partial charge in [0.25, 0.3) is 11.6 Å². The highest BCUT2D eigenvalue weighted by molar-refractivity contribution is 5.96. The van der Waals surface area contributed by atoms with Crippen LogP contribution < -0.4 is 0 Å². The summed E-state index contributed by atoms with van der Waals surface area (Å²) in [5.41, 5.74) is -0.112. The molecule has 1 rings (SSSR count). The molecule has 1 N–H and O–H groups in total. The third-order valence-electron chi connectivity index (χ3n) is 2.76. The van der Waals surface area contributed by atoms with Crippen molar-refractivity contribution in [1.82, 2.24) is 4.90 Å². The Labute approximate surface area is 109 Å². The maximum absolute atomic E-state index is 12.1. The number of nitrogens with zero attached hydrogens (tertiary/aromatic N) is 2. The molecule has 0 aromatic heterocycles. The molecule has 0 saturated heterocycles. The maximum Gasteiger partial charge on any atom is 0.326 e. The number of carbonyl (C=O) groups is 2. The molecule has 0 bridgehead atoms. The standard InChI is InChI=1S/C12H14N2O5/c1-3-10(12(16)17)13(2)11(15)8-5-4-6-9(7-8)14(18)19/h4-7,10H,3H2,1-2H3,(H,16,17). The Kier molecular flexibility index (Phi) is 4.57. The van der Waals surface area contributed by atoms with E-state index >= 15 is 0 Å². The molecule has 0 saturated carbocycles. The van der Waals surface area contributed by atoms with E-state index in [1.807, 2.05) is 0 Å². The number of likely N-dealkylation sites (N-methyl/N-ethyl adjacent to an activating group) is 1. The summed E-state index contributed by atoms with van der Waals surface area (Å²) in [5, 5.41) is 19.6. The number of aliphatic carboxylic acids is 1. The molecule has 1 amide bonds. The number of hydrogen-bond donors (Lipinski definition) is 1. The van der Waals surface area contributed by atoms with E-state index in [0.717, 1.165) is 11.0 Å². The monoisotopic (exact) mass is 266 g/mol. The Morgan fingerprint density at radius 3 is 2.58 bits per heavy atom. The van der Waals surface area contributed by atoms with Crippen molar-refractivity contribution in [3.8, 4) is 0 Å². The molecule has 1 unspecified atom stereocenters. The molecule has 0 aliphatic rings. The fraction of sp³-hybridized carbons (Fsp3) is 0.333. The predicted octanol–water partition coefficient (Wildman–Crippen LogP) is 1.53. The van der Waals surface area contributed by atoms with Gasteiger partial charge < -0.3 is 10.0 Å². The van der Waals surface area contributed by atoms with Crippen molar-refractivity contribution in [3.63, 3.8) is 0 Å². The third-order valence-corrected chi connectivity index (χ3v) is 2.76. The van der Waals surface area contributed by atoms with Crippen LogP contribution in [0.2, 0.25) is 0 Å². The fourth-order valence-corrected chi connectivity index (χ4v) is 1.71. The molecule has 7 heteroatoms. The van der Waals surface area contributed by atoms with Gasteiger partial charge >= 0.3 is 5.97 Å². The van der Waals surface area contributed by atoms with Gasteiger partial charge in [-0.1, -0.05) is 13.0 Å². The second-order valence-corrected chi connectivity index (χ2v) is 3.99. The lowest BCUT2D eigenvalue weighted by Gasteiger charge is -2.23. The van der Waals surface area contributed by atoms with Gasteiger partial charge in [0.05, 0.1) is 4.92 Å². The van der Waals surface area contributed by atoms with Crippen LogP contribution in [0.15, 0.2) is 24.3 Å². The molecule has 1 atom stereocenters. The number of amides is 1. The van der Waals surface area contributed by atoms with Crippen LogP contribution in [-0.2, 0) is 4.79 Å². The normalized spacial score (nSPS) is 11.7. The molecule has 1 aromatic rings. The highest BCUT2D eigenvalue weighted by Crippen LogP contribution is 2.16. The van der Waals surface area contributed by atoms with Crippen LogP contribution >= 0.6 is 0 Å². The van der Waals surface area contributed by atoms with Gasteiger partial charge in [-0.3, -0.25) is 14.9 Å². The summed E-state index contributed by atoms with van der Waals surface area (Å²) >= 11 is 0. The first-order valence-corrected chi connectivity index (χ1v) is 5.63. The second kappa shape index (κ2) is 5.94. The highest BCUT2D eigenvalue weighted by Gasteiger charge is 2.26. The summed E-state index contributed by atoms with van der Waals surface area (Å²) in [4.78, 5) is 34.1. The molecule has 0 heterocycles. The summed E-state index contributed by atoms with van der Waals surface area (Å²) in [7, 11) is 1.36. The number of rotatable bonds is 5. The zero-order valence-corrected chi connectivity index (χ0v) is 10.6. The van der Waals surface area contributed by atoms with Gasteiger partial charge in [-0.2, -0.15) is 0 Å². The van der Waals surface area contributed by atoms with Crippen molar-refractivity contribution < 1.29 is 19.6 Å². The number of carboxylic acids is 1. The summed E-state index contributed by atoms with van der Waals surface area (Å²) in [6, 6.07) is 4.26. The lowest BCUT2D eigenvalue weighted by molar-refractivity contribution is -0.384. The van der Waals surface area contributed by atoms with Crippen molar-refractivity contribution in [2.24, 2.45) is 0 Å². The first-order valence-electron chi connectivity index (χ1n) is 5.63. The lowest BCUT2D eigenvalue weighted by Crippen LogP contribution is -2.41. The Balaban J connectivity index is 3.02. The molecule has 0 fully saturated rings. The van der Waals surface area contributed by atoms with E-state index in [1.54, 1.807) is 6.92 Å². The third kappa shape index (κ3) is 3.27. The molecule has 19 heavy (non-hydrogen) atoms. The first kappa shape index (κ1) is 14.6. The summed E-state index contributed by atoms with van der Waals surface area (Å²) in [6.07, 6.45) is 0.256. The molecular weight excluding hydrogens is 252 g/mol. The molecule has 0 aliphatic carbocycles. The van der Waals surface area contributed by atoms with Crippen LogP contribution in [0.4, 0.5) is 5.69 Å². The fourth-order valence-electron chi connectivity index (χ4n) is 1.71. The van der Waals surface area contributed by atoms with E-state index in [1.165, 1.54) is 25.2 Å². The van der Waals surface area contributed by atoms with Gasteiger partial charge in [-0.15, -0.1) is 0 Å².